The van der Waals surface area contributed by atoms with Gasteiger partial charge in [-0.05, 0) is 17.7 Å². The first kappa shape index (κ1) is 12.8. The molecule has 2 aromatic carbocycles. The van der Waals surface area contributed by atoms with Gasteiger partial charge in [-0.25, -0.2) is 4.79 Å². The zero-order chi connectivity index (χ0) is 14.1. The zero-order valence-corrected chi connectivity index (χ0v) is 11.9. The molecule has 0 unspecified atom stereocenters. The number of nitrogen functional groups attached to an aromatic ring is 1. The number of hydrogen-bond donors (Lipinski definition) is 2. The van der Waals surface area contributed by atoms with Crippen molar-refractivity contribution in [2.45, 2.75) is 6.61 Å². The van der Waals surface area contributed by atoms with Gasteiger partial charge in [-0.1, -0.05) is 28.1 Å². The van der Waals surface area contributed by atoms with Crippen LogP contribution in [0.2, 0.25) is 0 Å². The number of fused-ring (bicyclic) bond motifs is 1. The number of H-pyrrole nitrogens is 1. The van der Waals surface area contributed by atoms with Crippen molar-refractivity contribution in [3.8, 4) is 5.75 Å². The zero-order valence-electron chi connectivity index (χ0n) is 10.4. The Morgan fingerprint density at radius 3 is 2.95 bits per heavy atom. The molecule has 20 heavy (non-hydrogen) atoms. The van der Waals surface area contributed by atoms with Crippen molar-refractivity contribution >= 4 is 32.7 Å². The van der Waals surface area contributed by atoms with Crippen molar-refractivity contribution in [1.82, 2.24) is 4.98 Å². The van der Waals surface area contributed by atoms with E-state index in [1.54, 1.807) is 12.1 Å². The van der Waals surface area contributed by atoms with Gasteiger partial charge in [0, 0.05) is 16.6 Å². The van der Waals surface area contributed by atoms with Crippen molar-refractivity contribution in [3.05, 3.63) is 57.0 Å². The van der Waals surface area contributed by atoms with E-state index in [-0.39, 0.29) is 0 Å². The number of ether oxygens (including phenoxy) is 1. The largest absolute Gasteiger partial charge is 0.487 e. The molecule has 0 spiro atoms. The van der Waals surface area contributed by atoms with Gasteiger partial charge in [0.05, 0.1) is 11.2 Å². The van der Waals surface area contributed by atoms with Crippen LogP contribution >= 0.6 is 15.9 Å². The molecule has 1 heterocycles. The SMILES string of the molecule is Nc1cc2oc(=O)[nH]c2cc1OCc1cccc(Br)c1. The molecule has 3 N–H and O–H groups in total. The van der Waals surface area contributed by atoms with E-state index in [2.05, 4.69) is 20.9 Å². The summed E-state index contributed by atoms with van der Waals surface area (Å²) >= 11 is 3.41. The van der Waals surface area contributed by atoms with E-state index in [9.17, 15) is 4.79 Å². The van der Waals surface area contributed by atoms with Crippen LogP contribution in [0.25, 0.3) is 11.1 Å². The molecule has 102 valence electrons. The van der Waals surface area contributed by atoms with Gasteiger partial charge in [-0.3, -0.25) is 4.98 Å². The number of rotatable bonds is 3. The molecule has 3 aromatic rings. The first-order valence-electron chi connectivity index (χ1n) is 5.91. The van der Waals surface area contributed by atoms with E-state index in [4.69, 9.17) is 14.9 Å². The Bertz CT molecular complexity index is 823. The minimum atomic E-state index is -0.511. The summed E-state index contributed by atoms with van der Waals surface area (Å²) in [7, 11) is 0. The van der Waals surface area contributed by atoms with Gasteiger partial charge in [0.15, 0.2) is 5.58 Å². The number of halogens is 1. The fourth-order valence-corrected chi connectivity index (χ4v) is 2.35. The summed E-state index contributed by atoms with van der Waals surface area (Å²) in [6.07, 6.45) is 0. The van der Waals surface area contributed by atoms with Crippen molar-refractivity contribution in [2.24, 2.45) is 0 Å². The van der Waals surface area contributed by atoms with E-state index in [0.717, 1.165) is 10.0 Å². The van der Waals surface area contributed by atoms with Gasteiger partial charge in [0.2, 0.25) is 0 Å². The standard InChI is InChI=1S/C14H11BrN2O3/c15-9-3-1-2-8(4-9)7-19-12-6-11-13(5-10(12)16)20-14(18)17-11/h1-6H,7,16H2,(H,17,18). The normalized spacial score (nSPS) is 10.8. The van der Waals surface area contributed by atoms with Crippen LogP contribution in [0.3, 0.4) is 0 Å². The minimum absolute atomic E-state index is 0.386. The van der Waals surface area contributed by atoms with Gasteiger partial charge >= 0.3 is 5.76 Å². The smallest absolute Gasteiger partial charge is 0.417 e. The molecule has 6 heteroatoms. The van der Waals surface area contributed by atoms with Crippen molar-refractivity contribution < 1.29 is 9.15 Å². The summed E-state index contributed by atoms with van der Waals surface area (Å²) in [6.45, 7) is 0.386. The Morgan fingerprint density at radius 1 is 1.30 bits per heavy atom. The first-order valence-corrected chi connectivity index (χ1v) is 6.71. The Balaban J connectivity index is 1.86. The van der Waals surface area contributed by atoms with Gasteiger partial charge in [0.25, 0.3) is 0 Å². The van der Waals surface area contributed by atoms with E-state index in [1.165, 1.54) is 0 Å². The summed E-state index contributed by atoms with van der Waals surface area (Å²) in [4.78, 5) is 13.7. The van der Waals surface area contributed by atoms with E-state index in [0.29, 0.717) is 29.1 Å². The third-order valence-corrected chi connectivity index (χ3v) is 3.33. The Hall–Kier alpha value is -2.21. The molecule has 0 atom stereocenters. The fraction of sp³-hybridized carbons (Fsp3) is 0.0714. The molecule has 5 nitrogen and oxygen atoms in total. The number of nitrogens with one attached hydrogen (secondary N) is 1. The monoisotopic (exact) mass is 334 g/mol. The van der Waals surface area contributed by atoms with Gasteiger partial charge in [0.1, 0.15) is 12.4 Å². The molecule has 0 aliphatic carbocycles. The average molecular weight is 335 g/mol. The van der Waals surface area contributed by atoms with E-state index in [1.807, 2.05) is 24.3 Å². The van der Waals surface area contributed by atoms with Gasteiger partial charge in [-0.15, -0.1) is 0 Å². The van der Waals surface area contributed by atoms with Gasteiger partial charge < -0.3 is 14.9 Å². The second kappa shape index (κ2) is 5.05. The number of aromatic amines is 1. The molecule has 1 aromatic heterocycles. The highest BCUT2D eigenvalue weighted by Crippen LogP contribution is 2.27. The van der Waals surface area contributed by atoms with Crippen LogP contribution in [0.15, 0.2) is 50.1 Å². The number of hydrogen-bond acceptors (Lipinski definition) is 4. The summed E-state index contributed by atoms with van der Waals surface area (Å²) in [5.41, 5.74) is 8.30. The van der Waals surface area contributed by atoms with Gasteiger partial charge in [-0.2, -0.15) is 0 Å². The van der Waals surface area contributed by atoms with E-state index >= 15 is 0 Å². The Kier molecular flexibility index (Phi) is 3.23. The molecule has 0 saturated heterocycles. The Morgan fingerprint density at radius 2 is 2.15 bits per heavy atom. The van der Waals surface area contributed by atoms with Crippen LogP contribution in [-0.2, 0) is 6.61 Å². The van der Waals surface area contributed by atoms with Crippen LogP contribution in [0.4, 0.5) is 5.69 Å². The fourth-order valence-electron chi connectivity index (χ4n) is 1.91. The average Bonchev–Trinajstić information content (AvgIpc) is 2.75. The predicted octanol–water partition coefficient (Wildman–Crippen LogP) is 3.04. The lowest BCUT2D eigenvalue weighted by atomic mass is 10.2. The van der Waals surface area contributed by atoms with Crippen LogP contribution in [0, 0.1) is 0 Å². The molecule has 0 amide bonds. The third kappa shape index (κ3) is 2.55. The molecular weight excluding hydrogens is 324 g/mol. The van der Waals surface area contributed by atoms with E-state index < -0.39 is 5.76 Å². The molecule has 0 saturated carbocycles. The first-order chi connectivity index (χ1) is 9.61. The second-order valence-electron chi connectivity index (χ2n) is 4.32. The maximum absolute atomic E-state index is 11.1. The van der Waals surface area contributed by atoms with Crippen molar-refractivity contribution in [2.75, 3.05) is 5.73 Å². The minimum Gasteiger partial charge on any atom is -0.487 e. The summed E-state index contributed by atoms with van der Waals surface area (Å²) in [5, 5.41) is 0. The Labute approximate surface area is 122 Å². The number of aromatic nitrogens is 1. The van der Waals surface area contributed by atoms with Crippen molar-refractivity contribution in [3.63, 3.8) is 0 Å². The van der Waals surface area contributed by atoms with Crippen molar-refractivity contribution in [1.29, 1.82) is 0 Å². The molecule has 3 rings (SSSR count). The molecule has 0 aliphatic heterocycles. The lowest BCUT2D eigenvalue weighted by Crippen LogP contribution is -1.99. The highest BCUT2D eigenvalue weighted by molar-refractivity contribution is 9.10. The topological polar surface area (TPSA) is 81.2 Å². The summed E-state index contributed by atoms with van der Waals surface area (Å²) < 4.78 is 11.6. The molecule has 0 aliphatic rings. The molecule has 0 bridgehead atoms. The number of oxazole rings is 1. The number of anilines is 1. The lowest BCUT2D eigenvalue weighted by molar-refractivity contribution is 0.308. The van der Waals surface area contributed by atoms with Crippen LogP contribution in [0.1, 0.15) is 5.56 Å². The molecular formula is C14H11BrN2O3. The molecule has 0 fully saturated rings. The molecule has 0 radical (unpaired) electrons. The maximum atomic E-state index is 11.1. The predicted molar refractivity (Wildman–Crippen MR) is 79.7 cm³/mol. The summed E-state index contributed by atoms with van der Waals surface area (Å²) in [6, 6.07) is 11.0. The lowest BCUT2D eigenvalue weighted by Gasteiger charge is -2.09. The summed E-state index contributed by atoms with van der Waals surface area (Å²) in [5.74, 6) is -0.00179. The van der Waals surface area contributed by atoms with Crippen LogP contribution in [0.5, 0.6) is 5.75 Å². The van der Waals surface area contributed by atoms with Crippen LogP contribution < -0.4 is 16.2 Å². The highest BCUT2D eigenvalue weighted by Gasteiger charge is 2.08. The van der Waals surface area contributed by atoms with Crippen LogP contribution in [-0.4, -0.2) is 4.98 Å². The number of benzene rings is 2. The quantitative estimate of drug-likeness (QED) is 0.721. The maximum Gasteiger partial charge on any atom is 0.417 e. The highest BCUT2D eigenvalue weighted by atomic mass is 79.9. The number of nitrogens with two attached hydrogens (primary N) is 1. The third-order valence-electron chi connectivity index (χ3n) is 2.83. The second-order valence-corrected chi connectivity index (χ2v) is 5.23.